The molecular formula is C22H20ClNO5S. The molecule has 1 heterocycles. The van der Waals surface area contributed by atoms with Gasteiger partial charge in [-0.05, 0) is 35.9 Å². The van der Waals surface area contributed by atoms with Crippen LogP contribution in [0.3, 0.4) is 0 Å². The van der Waals surface area contributed by atoms with Crippen molar-refractivity contribution in [1.29, 1.82) is 0 Å². The SMILES string of the molecule is COc1cccc(-c2nc(COC(=O)/C=C/c3cc(Cl)c(OC)c(OC)c3)cs2)c1. The minimum Gasteiger partial charge on any atom is -0.497 e. The monoisotopic (exact) mass is 445 g/mol. The van der Waals surface area contributed by atoms with E-state index in [2.05, 4.69) is 4.98 Å². The van der Waals surface area contributed by atoms with Crippen molar-refractivity contribution in [1.82, 2.24) is 4.98 Å². The summed E-state index contributed by atoms with van der Waals surface area (Å²) in [5.74, 6) is 1.19. The molecule has 156 valence electrons. The second kappa shape index (κ2) is 10.1. The number of aromatic nitrogens is 1. The Morgan fingerprint density at radius 3 is 2.70 bits per heavy atom. The Labute approximate surface area is 183 Å². The number of carbonyl (C=O) groups excluding carboxylic acids is 1. The maximum absolute atomic E-state index is 12.1. The number of hydrogen-bond donors (Lipinski definition) is 0. The van der Waals surface area contributed by atoms with Crippen LogP contribution in [0.1, 0.15) is 11.3 Å². The van der Waals surface area contributed by atoms with Crippen molar-refractivity contribution in [2.24, 2.45) is 0 Å². The van der Waals surface area contributed by atoms with E-state index in [1.54, 1.807) is 25.3 Å². The summed E-state index contributed by atoms with van der Waals surface area (Å²) in [6.45, 7) is 0.0797. The predicted octanol–water partition coefficient (Wildman–Crippen LogP) is 5.25. The molecule has 8 heteroatoms. The number of methoxy groups -OCH3 is 3. The molecule has 3 aromatic rings. The second-order valence-corrected chi connectivity index (χ2v) is 7.32. The topological polar surface area (TPSA) is 66.9 Å². The smallest absolute Gasteiger partial charge is 0.331 e. The summed E-state index contributed by atoms with van der Waals surface area (Å²) < 4.78 is 21.0. The Hall–Kier alpha value is -3.03. The molecule has 0 fully saturated rings. The number of rotatable bonds is 8. The van der Waals surface area contributed by atoms with Gasteiger partial charge in [-0.2, -0.15) is 0 Å². The number of ether oxygens (including phenoxy) is 4. The van der Waals surface area contributed by atoms with Crippen LogP contribution in [-0.2, 0) is 16.1 Å². The second-order valence-electron chi connectivity index (χ2n) is 6.06. The first kappa shape index (κ1) is 21.7. The van der Waals surface area contributed by atoms with Gasteiger partial charge in [-0.25, -0.2) is 9.78 Å². The third-order valence-electron chi connectivity index (χ3n) is 4.10. The van der Waals surface area contributed by atoms with E-state index >= 15 is 0 Å². The molecule has 30 heavy (non-hydrogen) atoms. The third-order valence-corrected chi connectivity index (χ3v) is 5.32. The molecule has 0 saturated carbocycles. The van der Waals surface area contributed by atoms with Crippen molar-refractivity contribution < 1.29 is 23.7 Å². The fourth-order valence-electron chi connectivity index (χ4n) is 2.65. The Kier molecular flexibility index (Phi) is 7.32. The van der Waals surface area contributed by atoms with Gasteiger partial charge < -0.3 is 18.9 Å². The summed E-state index contributed by atoms with van der Waals surface area (Å²) in [6, 6.07) is 11.0. The number of nitrogens with zero attached hydrogens (tertiary/aromatic N) is 1. The van der Waals surface area contributed by atoms with Gasteiger partial charge in [0.1, 0.15) is 17.4 Å². The standard InChI is InChI=1S/C22H20ClNO5S/c1-26-17-6-4-5-15(11-17)22-24-16(13-30-22)12-29-20(25)8-7-14-9-18(23)21(28-3)19(10-14)27-2/h4-11,13H,12H2,1-3H3/b8-7+. The van der Waals surface area contributed by atoms with Crippen molar-refractivity contribution in [3.63, 3.8) is 0 Å². The highest BCUT2D eigenvalue weighted by Gasteiger charge is 2.11. The van der Waals surface area contributed by atoms with Gasteiger partial charge in [-0.3, -0.25) is 0 Å². The van der Waals surface area contributed by atoms with E-state index < -0.39 is 5.97 Å². The molecule has 0 N–H and O–H groups in total. The molecule has 0 unspecified atom stereocenters. The van der Waals surface area contributed by atoms with Gasteiger partial charge in [0, 0.05) is 17.0 Å². The summed E-state index contributed by atoms with van der Waals surface area (Å²) >= 11 is 7.65. The highest BCUT2D eigenvalue weighted by atomic mass is 35.5. The van der Waals surface area contributed by atoms with Gasteiger partial charge >= 0.3 is 5.97 Å². The molecule has 0 atom stereocenters. The third kappa shape index (κ3) is 5.31. The van der Waals surface area contributed by atoms with Gasteiger partial charge in [0.2, 0.25) is 0 Å². The summed E-state index contributed by atoms with van der Waals surface area (Å²) in [4.78, 5) is 16.6. The van der Waals surface area contributed by atoms with Crippen LogP contribution in [0.5, 0.6) is 17.2 Å². The summed E-state index contributed by atoms with van der Waals surface area (Å²) in [6.07, 6.45) is 2.92. The number of carbonyl (C=O) groups is 1. The lowest BCUT2D eigenvalue weighted by Crippen LogP contribution is -2.01. The lowest BCUT2D eigenvalue weighted by molar-refractivity contribution is -0.139. The molecule has 2 aromatic carbocycles. The average Bonchev–Trinajstić information content (AvgIpc) is 3.25. The fraction of sp³-hybridized carbons (Fsp3) is 0.182. The lowest BCUT2D eigenvalue weighted by atomic mass is 10.2. The van der Waals surface area contributed by atoms with Crippen LogP contribution in [0, 0.1) is 0 Å². The zero-order chi connectivity index (χ0) is 21.5. The molecule has 1 aromatic heterocycles. The van der Waals surface area contributed by atoms with Gasteiger partial charge in [-0.1, -0.05) is 23.7 Å². The van der Waals surface area contributed by atoms with Crippen LogP contribution >= 0.6 is 22.9 Å². The van der Waals surface area contributed by atoms with Crippen LogP contribution < -0.4 is 14.2 Å². The van der Waals surface area contributed by atoms with Crippen molar-refractivity contribution in [3.05, 3.63) is 64.1 Å². The maximum atomic E-state index is 12.1. The minimum absolute atomic E-state index is 0.0797. The molecule has 0 amide bonds. The normalized spacial score (nSPS) is 10.8. The van der Waals surface area contributed by atoms with E-state index in [-0.39, 0.29) is 6.61 Å². The molecule has 0 aliphatic rings. The van der Waals surface area contributed by atoms with E-state index in [4.69, 9.17) is 30.5 Å². The zero-order valence-electron chi connectivity index (χ0n) is 16.7. The van der Waals surface area contributed by atoms with Crippen LogP contribution in [0.15, 0.2) is 47.9 Å². The quantitative estimate of drug-likeness (QED) is 0.348. The van der Waals surface area contributed by atoms with Gasteiger partial charge in [0.25, 0.3) is 0 Å². The van der Waals surface area contributed by atoms with Gasteiger partial charge in [-0.15, -0.1) is 11.3 Å². The van der Waals surface area contributed by atoms with E-state index in [1.807, 2.05) is 29.6 Å². The first-order chi connectivity index (χ1) is 14.5. The maximum Gasteiger partial charge on any atom is 0.331 e. The summed E-state index contributed by atoms with van der Waals surface area (Å²) in [7, 11) is 4.65. The lowest BCUT2D eigenvalue weighted by Gasteiger charge is -2.10. The van der Waals surface area contributed by atoms with Gasteiger partial charge in [0.15, 0.2) is 11.5 Å². The van der Waals surface area contributed by atoms with Crippen molar-refractivity contribution in [3.8, 4) is 27.8 Å². The molecule has 0 aliphatic heterocycles. The Morgan fingerprint density at radius 2 is 1.97 bits per heavy atom. The molecule has 0 saturated heterocycles. The van der Waals surface area contributed by atoms with Crippen LogP contribution in [0.25, 0.3) is 16.6 Å². The number of esters is 1. The molecule has 0 spiro atoms. The summed E-state index contributed by atoms with van der Waals surface area (Å²) in [5, 5.41) is 3.08. The van der Waals surface area contributed by atoms with Crippen LogP contribution in [0.4, 0.5) is 0 Å². The highest BCUT2D eigenvalue weighted by Crippen LogP contribution is 2.36. The van der Waals surface area contributed by atoms with E-state index in [1.165, 1.54) is 31.6 Å². The molecular weight excluding hydrogens is 426 g/mol. The molecule has 3 rings (SSSR count). The molecule has 0 aliphatic carbocycles. The Bertz CT molecular complexity index is 1060. The first-order valence-electron chi connectivity index (χ1n) is 8.89. The number of halogens is 1. The first-order valence-corrected chi connectivity index (χ1v) is 10.1. The van der Waals surface area contributed by atoms with Crippen molar-refractivity contribution >= 4 is 35.0 Å². The minimum atomic E-state index is -0.489. The van der Waals surface area contributed by atoms with Crippen molar-refractivity contribution in [2.45, 2.75) is 6.61 Å². The Balaban J connectivity index is 1.61. The number of thiazole rings is 1. The van der Waals surface area contributed by atoms with Crippen LogP contribution in [0.2, 0.25) is 5.02 Å². The largest absolute Gasteiger partial charge is 0.497 e. The predicted molar refractivity (Wildman–Crippen MR) is 117 cm³/mol. The molecule has 6 nitrogen and oxygen atoms in total. The average molecular weight is 446 g/mol. The zero-order valence-corrected chi connectivity index (χ0v) is 18.3. The molecule has 0 bridgehead atoms. The van der Waals surface area contributed by atoms with Gasteiger partial charge in [0.05, 0.1) is 32.0 Å². The van der Waals surface area contributed by atoms with E-state index in [0.29, 0.717) is 27.8 Å². The van der Waals surface area contributed by atoms with E-state index in [0.717, 1.165) is 16.3 Å². The number of hydrogen-bond acceptors (Lipinski definition) is 7. The summed E-state index contributed by atoms with van der Waals surface area (Å²) in [5.41, 5.74) is 2.31. The van der Waals surface area contributed by atoms with Crippen LogP contribution in [-0.4, -0.2) is 32.3 Å². The fourth-order valence-corrected chi connectivity index (χ4v) is 3.75. The highest BCUT2D eigenvalue weighted by molar-refractivity contribution is 7.13. The Morgan fingerprint density at radius 1 is 1.13 bits per heavy atom. The molecule has 0 radical (unpaired) electrons. The number of benzene rings is 2. The van der Waals surface area contributed by atoms with Crippen molar-refractivity contribution in [2.75, 3.05) is 21.3 Å². The van der Waals surface area contributed by atoms with E-state index in [9.17, 15) is 4.79 Å².